The number of aromatic nitrogens is 2. The van der Waals surface area contributed by atoms with Gasteiger partial charge in [0.25, 0.3) is 5.91 Å². The highest BCUT2D eigenvalue weighted by molar-refractivity contribution is 6.32. The SMILES string of the molecule is COc1ccc(OC)c(NC(=O)COC(=O)c2c(C)nn(C)c2Cl)c1. The van der Waals surface area contributed by atoms with Gasteiger partial charge in [0.05, 0.1) is 25.6 Å². The van der Waals surface area contributed by atoms with Gasteiger partial charge in [0.15, 0.2) is 6.61 Å². The summed E-state index contributed by atoms with van der Waals surface area (Å²) in [5, 5.41) is 6.77. The number of esters is 1. The quantitative estimate of drug-likeness (QED) is 0.787. The van der Waals surface area contributed by atoms with E-state index in [0.29, 0.717) is 22.9 Å². The molecule has 0 aliphatic carbocycles. The molecule has 0 aliphatic heterocycles. The van der Waals surface area contributed by atoms with Crippen LogP contribution < -0.4 is 14.8 Å². The van der Waals surface area contributed by atoms with Crippen LogP contribution in [0.3, 0.4) is 0 Å². The Balaban J connectivity index is 2.02. The summed E-state index contributed by atoms with van der Waals surface area (Å²) in [6.07, 6.45) is 0. The summed E-state index contributed by atoms with van der Waals surface area (Å²) in [5.41, 5.74) is 0.960. The molecule has 1 N–H and O–H groups in total. The maximum atomic E-state index is 12.1. The Morgan fingerprint density at radius 2 is 2.00 bits per heavy atom. The van der Waals surface area contributed by atoms with Crippen molar-refractivity contribution in [2.45, 2.75) is 6.92 Å². The number of methoxy groups -OCH3 is 2. The molecule has 0 radical (unpaired) electrons. The van der Waals surface area contributed by atoms with Gasteiger partial charge in [-0.05, 0) is 19.1 Å². The maximum Gasteiger partial charge on any atom is 0.343 e. The van der Waals surface area contributed by atoms with Crippen LogP contribution in [0.1, 0.15) is 16.1 Å². The topological polar surface area (TPSA) is 91.7 Å². The molecule has 2 rings (SSSR count). The van der Waals surface area contributed by atoms with Crippen molar-refractivity contribution in [2.24, 2.45) is 7.05 Å². The number of anilines is 1. The van der Waals surface area contributed by atoms with Gasteiger partial charge in [-0.3, -0.25) is 9.48 Å². The van der Waals surface area contributed by atoms with E-state index in [0.717, 1.165) is 0 Å². The highest BCUT2D eigenvalue weighted by Gasteiger charge is 2.21. The third-order valence-electron chi connectivity index (χ3n) is 3.37. The molecule has 9 heteroatoms. The minimum Gasteiger partial charge on any atom is -0.497 e. The molecule has 1 aromatic carbocycles. The van der Waals surface area contributed by atoms with Crippen molar-refractivity contribution in [1.82, 2.24) is 9.78 Å². The van der Waals surface area contributed by atoms with E-state index in [1.807, 2.05) is 0 Å². The number of benzene rings is 1. The van der Waals surface area contributed by atoms with E-state index >= 15 is 0 Å². The molecule has 0 spiro atoms. The Morgan fingerprint density at radius 3 is 2.56 bits per heavy atom. The molecule has 0 fully saturated rings. The lowest BCUT2D eigenvalue weighted by Crippen LogP contribution is -2.21. The molecule has 2 aromatic rings. The summed E-state index contributed by atoms with van der Waals surface area (Å²) in [6, 6.07) is 4.95. The first-order valence-electron chi connectivity index (χ1n) is 7.25. The molecule has 25 heavy (non-hydrogen) atoms. The van der Waals surface area contributed by atoms with Gasteiger partial charge in [0, 0.05) is 13.1 Å². The van der Waals surface area contributed by atoms with Gasteiger partial charge in [-0.15, -0.1) is 0 Å². The van der Waals surface area contributed by atoms with Gasteiger partial charge >= 0.3 is 5.97 Å². The molecular formula is C16H18ClN3O5. The Labute approximate surface area is 149 Å². The van der Waals surface area contributed by atoms with E-state index in [1.54, 1.807) is 32.2 Å². The molecule has 0 atom stereocenters. The van der Waals surface area contributed by atoms with Crippen molar-refractivity contribution < 1.29 is 23.8 Å². The number of hydrogen-bond acceptors (Lipinski definition) is 6. The number of carbonyl (C=O) groups is 2. The number of carbonyl (C=O) groups excluding carboxylic acids is 2. The van der Waals surface area contributed by atoms with Gasteiger partial charge in [-0.2, -0.15) is 5.10 Å². The number of ether oxygens (including phenoxy) is 3. The molecule has 1 heterocycles. The van der Waals surface area contributed by atoms with Crippen molar-refractivity contribution >= 4 is 29.2 Å². The zero-order valence-corrected chi connectivity index (χ0v) is 15.0. The summed E-state index contributed by atoms with van der Waals surface area (Å²) in [6.45, 7) is 1.15. The first-order valence-corrected chi connectivity index (χ1v) is 7.63. The zero-order valence-electron chi connectivity index (χ0n) is 14.3. The highest BCUT2D eigenvalue weighted by Crippen LogP contribution is 2.28. The number of aryl methyl sites for hydroxylation is 2. The standard InChI is InChI=1S/C16H18ClN3O5/c1-9-14(15(17)20(2)19-9)16(22)25-8-13(21)18-11-7-10(23-3)5-6-12(11)24-4/h5-7H,8H2,1-4H3,(H,18,21). The van der Waals surface area contributed by atoms with Crippen LogP contribution in [-0.4, -0.2) is 42.5 Å². The van der Waals surface area contributed by atoms with Crippen molar-refractivity contribution in [3.8, 4) is 11.5 Å². The maximum absolute atomic E-state index is 12.1. The lowest BCUT2D eigenvalue weighted by molar-refractivity contribution is -0.119. The summed E-state index contributed by atoms with van der Waals surface area (Å²) < 4.78 is 16.6. The van der Waals surface area contributed by atoms with E-state index in [2.05, 4.69) is 10.4 Å². The minimum absolute atomic E-state index is 0.135. The molecule has 1 aromatic heterocycles. The fraction of sp³-hybridized carbons (Fsp3) is 0.312. The monoisotopic (exact) mass is 367 g/mol. The van der Waals surface area contributed by atoms with Gasteiger partial charge in [-0.1, -0.05) is 11.6 Å². The Morgan fingerprint density at radius 1 is 1.28 bits per heavy atom. The number of rotatable bonds is 6. The summed E-state index contributed by atoms with van der Waals surface area (Å²) in [4.78, 5) is 24.1. The third kappa shape index (κ3) is 4.21. The largest absolute Gasteiger partial charge is 0.497 e. The molecule has 0 saturated carbocycles. The number of nitrogens with zero attached hydrogens (tertiary/aromatic N) is 2. The van der Waals surface area contributed by atoms with Gasteiger partial charge in [0.2, 0.25) is 0 Å². The normalized spacial score (nSPS) is 10.3. The van der Waals surface area contributed by atoms with Gasteiger partial charge < -0.3 is 19.5 Å². The molecule has 0 unspecified atom stereocenters. The highest BCUT2D eigenvalue weighted by atomic mass is 35.5. The van der Waals surface area contributed by atoms with Crippen LogP contribution >= 0.6 is 11.6 Å². The van der Waals surface area contributed by atoms with E-state index in [4.69, 9.17) is 25.8 Å². The summed E-state index contributed by atoms with van der Waals surface area (Å²) in [7, 11) is 4.59. The molecule has 0 bridgehead atoms. The fourth-order valence-electron chi connectivity index (χ4n) is 2.16. The smallest absolute Gasteiger partial charge is 0.343 e. The van der Waals surface area contributed by atoms with Crippen LogP contribution in [-0.2, 0) is 16.6 Å². The molecule has 0 saturated heterocycles. The van der Waals surface area contributed by atoms with Crippen molar-refractivity contribution in [3.05, 3.63) is 34.6 Å². The molecule has 1 amide bonds. The van der Waals surface area contributed by atoms with Crippen LogP contribution in [0, 0.1) is 6.92 Å². The van der Waals surface area contributed by atoms with E-state index in [-0.39, 0.29) is 10.7 Å². The van der Waals surface area contributed by atoms with Crippen molar-refractivity contribution in [2.75, 3.05) is 26.1 Å². The van der Waals surface area contributed by atoms with Gasteiger partial charge in [-0.25, -0.2) is 4.79 Å². The van der Waals surface area contributed by atoms with Crippen LogP contribution in [0.2, 0.25) is 5.15 Å². The average Bonchev–Trinajstić information content (AvgIpc) is 2.85. The first kappa shape index (κ1) is 18.6. The molecule has 134 valence electrons. The lowest BCUT2D eigenvalue weighted by Gasteiger charge is -2.12. The van der Waals surface area contributed by atoms with Gasteiger partial charge in [0.1, 0.15) is 22.2 Å². The Kier molecular flexibility index (Phi) is 5.87. The predicted molar refractivity (Wildman–Crippen MR) is 91.4 cm³/mol. The van der Waals surface area contributed by atoms with E-state index in [9.17, 15) is 9.59 Å². The van der Waals surface area contributed by atoms with Crippen molar-refractivity contribution in [1.29, 1.82) is 0 Å². The summed E-state index contributed by atoms with van der Waals surface area (Å²) in [5.74, 6) is -0.251. The van der Waals surface area contributed by atoms with Crippen LogP contribution in [0.5, 0.6) is 11.5 Å². The molecule has 0 aliphatic rings. The number of nitrogens with one attached hydrogen (secondary N) is 1. The number of halogens is 1. The fourth-order valence-corrected chi connectivity index (χ4v) is 2.41. The summed E-state index contributed by atoms with van der Waals surface area (Å²) >= 11 is 6.00. The third-order valence-corrected chi connectivity index (χ3v) is 3.81. The molecular weight excluding hydrogens is 350 g/mol. The van der Waals surface area contributed by atoms with Crippen molar-refractivity contribution in [3.63, 3.8) is 0 Å². The second kappa shape index (κ2) is 7.89. The average molecular weight is 368 g/mol. The van der Waals surface area contributed by atoms with Crippen LogP contribution in [0.15, 0.2) is 18.2 Å². The zero-order chi connectivity index (χ0) is 18.6. The Bertz CT molecular complexity index is 803. The van der Waals surface area contributed by atoms with E-state index < -0.39 is 18.5 Å². The second-order valence-electron chi connectivity index (χ2n) is 5.07. The predicted octanol–water partition coefficient (Wildman–Crippen LogP) is 2.19. The first-order chi connectivity index (χ1) is 11.9. The Hall–Kier alpha value is -2.74. The minimum atomic E-state index is -0.719. The van der Waals surface area contributed by atoms with Crippen LogP contribution in [0.4, 0.5) is 5.69 Å². The molecule has 8 nitrogen and oxygen atoms in total. The number of hydrogen-bond donors (Lipinski definition) is 1. The lowest BCUT2D eigenvalue weighted by atomic mass is 10.2. The number of amides is 1. The second-order valence-corrected chi connectivity index (χ2v) is 5.42. The van der Waals surface area contributed by atoms with E-state index in [1.165, 1.54) is 18.9 Å². The van der Waals surface area contributed by atoms with Crippen LogP contribution in [0.25, 0.3) is 0 Å².